The standard InChI is InChI=1S/C13H23N3OS/c1-10-15-11(9-18-10)7-16(3)8-13-5-4-12(17-13)6-14-2/h9,12-14H,4-8H2,1-3H3. The zero-order valence-corrected chi connectivity index (χ0v) is 12.3. The number of aromatic nitrogens is 1. The lowest BCUT2D eigenvalue weighted by molar-refractivity contribution is 0.0274. The Labute approximate surface area is 113 Å². The SMILES string of the molecule is CNCC1CCC(CN(C)Cc2csc(C)n2)O1. The Morgan fingerprint density at radius 3 is 2.94 bits per heavy atom. The number of hydrogen-bond donors (Lipinski definition) is 1. The second-order valence-corrected chi connectivity index (χ2v) is 6.13. The van der Waals surface area contributed by atoms with E-state index in [0.29, 0.717) is 12.2 Å². The molecule has 5 heteroatoms. The van der Waals surface area contributed by atoms with Crippen molar-refractivity contribution in [2.75, 3.05) is 27.2 Å². The highest BCUT2D eigenvalue weighted by atomic mass is 32.1. The van der Waals surface area contributed by atoms with E-state index in [9.17, 15) is 0 Å². The van der Waals surface area contributed by atoms with E-state index in [1.807, 2.05) is 7.05 Å². The van der Waals surface area contributed by atoms with Gasteiger partial charge in [0.05, 0.1) is 22.9 Å². The summed E-state index contributed by atoms with van der Waals surface area (Å²) in [6.45, 7) is 4.93. The second kappa shape index (κ2) is 6.61. The van der Waals surface area contributed by atoms with Gasteiger partial charge in [-0.1, -0.05) is 0 Å². The first-order valence-electron chi connectivity index (χ1n) is 6.57. The maximum absolute atomic E-state index is 5.99. The van der Waals surface area contributed by atoms with E-state index in [2.05, 4.69) is 34.6 Å². The fourth-order valence-corrected chi connectivity index (χ4v) is 3.07. The summed E-state index contributed by atoms with van der Waals surface area (Å²) in [5, 5.41) is 6.47. The molecule has 1 aromatic heterocycles. The van der Waals surface area contributed by atoms with Crippen molar-refractivity contribution in [2.24, 2.45) is 0 Å². The molecule has 2 rings (SSSR count). The van der Waals surface area contributed by atoms with Crippen molar-refractivity contribution in [3.8, 4) is 0 Å². The van der Waals surface area contributed by atoms with E-state index in [0.717, 1.165) is 24.6 Å². The van der Waals surface area contributed by atoms with Crippen LogP contribution in [0.2, 0.25) is 0 Å². The topological polar surface area (TPSA) is 37.4 Å². The lowest BCUT2D eigenvalue weighted by atomic mass is 10.2. The summed E-state index contributed by atoms with van der Waals surface area (Å²) in [6.07, 6.45) is 3.13. The minimum atomic E-state index is 0.382. The molecule has 18 heavy (non-hydrogen) atoms. The number of rotatable bonds is 6. The van der Waals surface area contributed by atoms with Crippen LogP contribution in [0.5, 0.6) is 0 Å². The quantitative estimate of drug-likeness (QED) is 0.852. The minimum absolute atomic E-state index is 0.382. The maximum Gasteiger partial charge on any atom is 0.0897 e. The summed E-state index contributed by atoms with van der Waals surface area (Å²) < 4.78 is 5.99. The molecule has 1 aromatic rings. The number of nitrogens with zero attached hydrogens (tertiary/aromatic N) is 2. The molecule has 0 aromatic carbocycles. The van der Waals surface area contributed by atoms with Crippen LogP contribution in [0.4, 0.5) is 0 Å². The predicted molar refractivity (Wildman–Crippen MR) is 75.0 cm³/mol. The van der Waals surface area contributed by atoms with Crippen molar-refractivity contribution in [3.05, 3.63) is 16.1 Å². The van der Waals surface area contributed by atoms with Gasteiger partial charge in [-0.15, -0.1) is 11.3 Å². The van der Waals surface area contributed by atoms with Gasteiger partial charge in [-0.3, -0.25) is 4.90 Å². The second-order valence-electron chi connectivity index (χ2n) is 5.07. The Morgan fingerprint density at radius 2 is 2.28 bits per heavy atom. The molecule has 0 aliphatic carbocycles. The number of likely N-dealkylation sites (N-methyl/N-ethyl adjacent to an activating group) is 2. The Kier molecular flexibility index (Phi) is 5.12. The molecule has 1 aliphatic rings. The molecule has 1 N–H and O–H groups in total. The first-order valence-corrected chi connectivity index (χ1v) is 7.45. The van der Waals surface area contributed by atoms with Gasteiger partial charge in [0, 0.05) is 25.0 Å². The van der Waals surface area contributed by atoms with Gasteiger partial charge in [-0.2, -0.15) is 0 Å². The number of aryl methyl sites for hydroxylation is 1. The highest BCUT2D eigenvalue weighted by Gasteiger charge is 2.25. The molecule has 4 nitrogen and oxygen atoms in total. The molecule has 2 atom stereocenters. The fourth-order valence-electron chi connectivity index (χ4n) is 2.46. The number of thiazole rings is 1. The van der Waals surface area contributed by atoms with Gasteiger partial charge < -0.3 is 10.1 Å². The monoisotopic (exact) mass is 269 g/mol. The smallest absolute Gasteiger partial charge is 0.0897 e. The third-order valence-corrected chi connectivity index (χ3v) is 4.06. The maximum atomic E-state index is 5.99. The van der Waals surface area contributed by atoms with Crippen molar-refractivity contribution in [2.45, 2.75) is 38.5 Å². The van der Waals surface area contributed by atoms with E-state index in [-0.39, 0.29) is 0 Å². The third-order valence-electron chi connectivity index (χ3n) is 3.24. The molecule has 0 amide bonds. The van der Waals surface area contributed by atoms with Crippen molar-refractivity contribution in [1.29, 1.82) is 0 Å². The zero-order valence-electron chi connectivity index (χ0n) is 11.5. The average molecular weight is 269 g/mol. The van der Waals surface area contributed by atoms with Gasteiger partial charge in [0.15, 0.2) is 0 Å². The summed E-state index contributed by atoms with van der Waals surface area (Å²) in [5.74, 6) is 0. The molecule has 0 radical (unpaired) electrons. The Morgan fingerprint density at radius 1 is 1.50 bits per heavy atom. The highest BCUT2D eigenvalue weighted by molar-refractivity contribution is 7.09. The molecule has 1 saturated heterocycles. The zero-order chi connectivity index (χ0) is 13.0. The van der Waals surface area contributed by atoms with Crippen molar-refractivity contribution >= 4 is 11.3 Å². The van der Waals surface area contributed by atoms with Crippen molar-refractivity contribution < 1.29 is 4.74 Å². The van der Waals surface area contributed by atoms with E-state index in [1.54, 1.807) is 11.3 Å². The first-order chi connectivity index (χ1) is 8.67. The van der Waals surface area contributed by atoms with Crippen LogP contribution in [-0.2, 0) is 11.3 Å². The average Bonchev–Trinajstić information content (AvgIpc) is 2.89. The molecule has 0 bridgehead atoms. The number of ether oxygens (including phenoxy) is 1. The van der Waals surface area contributed by atoms with Crippen LogP contribution in [0.1, 0.15) is 23.5 Å². The van der Waals surface area contributed by atoms with Gasteiger partial charge in [0.2, 0.25) is 0 Å². The van der Waals surface area contributed by atoms with Gasteiger partial charge in [-0.25, -0.2) is 4.98 Å². The largest absolute Gasteiger partial charge is 0.372 e. The highest BCUT2D eigenvalue weighted by Crippen LogP contribution is 2.20. The number of hydrogen-bond acceptors (Lipinski definition) is 5. The Bertz CT molecular complexity index is 369. The molecule has 1 fully saturated rings. The van der Waals surface area contributed by atoms with Gasteiger partial charge in [-0.05, 0) is 33.9 Å². The lowest BCUT2D eigenvalue weighted by Crippen LogP contribution is -2.31. The van der Waals surface area contributed by atoms with E-state index < -0.39 is 0 Å². The third kappa shape index (κ3) is 4.02. The van der Waals surface area contributed by atoms with Crippen LogP contribution in [0.3, 0.4) is 0 Å². The molecule has 0 spiro atoms. The fraction of sp³-hybridized carbons (Fsp3) is 0.769. The van der Waals surface area contributed by atoms with Crippen LogP contribution < -0.4 is 5.32 Å². The van der Waals surface area contributed by atoms with Crippen molar-refractivity contribution in [3.63, 3.8) is 0 Å². The molecule has 1 aliphatic heterocycles. The first kappa shape index (κ1) is 13.9. The molecule has 2 heterocycles. The summed E-state index contributed by atoms with van der Waals surface area (Å²) in [7, 11) is 4.12. The van der Waals surface area contributed by atoms with Gasteiger partial charge >= 0.3 is 0 Å². The number of nitrogens with one attached hydrogen (secondary N) is 1. The van der Waals surface area contributed by atoms with E-state index in [4.69, 9.17) is 4.74 Å². The lowest BCUT2D eigenvalue weighted by Gasteiger charge is -2.20. The molecule has 2 unspecified atom stereocenters. The summed E-state index contributed by atoms with van der Waals surface area (Å²) in [4.78, 5) is 6.80. The van der Waals surface area contributed by atoms with Crippen LogP contribution in [-0.4, -0.2) is 49.3 Å². The Balaban J connectivity index is 1.73. The van der Waals surface area contributed by atoms with E-state index in [1.165, 1.54) is 18.5 Å². The van der Waals surface area contributed by atoms with Gasteiger partial charge in [0.25, 0.3) is 0 Å². The molecule has 102 valence electrons. The van der Waals surface area contributed by atoms with Crippen molar-refractivity contribution in [1.82, 2.24) is 15.2 Å². The molecular formula is C13H23N3OS. The summed E-state index contributed by atoms with van der Waals surface area (Å²) in [6, 6.07) is 0. The van der Waals surface area contributed by atoms with Gasteiger partial charge in [0.1, 0.15) is 0 Å². The molecular weight excluding hydrogens is 246 g/mol. The van der Waals surface area contributed by atoms with Crippen LogP contribution in [0.25, 0.3) is 0 Å². The van der Waals surface area contributed by atoms with Crippen LogP contribution in [0.15, 0.2) is 5.38 Å². The predicted octanol–water partition coefficient (Wildman–Crippen LogP) is 1.65. The normalized spacial score (nSPS) is 24.0. The van der Waals surface area contributed by atoms with Crippen LogP contribution in [0, 0.1) is 6.92 Å². The van der Waals surface area contributed by atoms with Crippen LogP contribution >= 0.6 is 11.3 Å². The van der Waals surface area contributed by atoms with E-state index >= 15 is 0 Å². The molecule has 0 saturated carbocycles. The summed E-state index contributed by atoms with van der Waals surface area (Å²) in [5.41, 5.74) is 1.17. The Hall–Kier alpha value is -0.490. The minimum Gasteiger partial charge on any atom is -0.372 e. The summed E-state index contributed by atoms with van der Waals surface area (Å²) >= 11 is 1.72.